The van der Waals surface area contributed by atoms with Crippen LogP contribution in [0.25, 0.3) is 0 Å². The van der Waals surface area contributed by atoms with Crippen molar-refractivity contribution >= 4 is 15.7 Å². The summed E-state index contributed by atoms with van der Waals surface area (Å²) < 4.78 is 27.0. The second kappa shape index (κ2) is 5.42. The molecule has 0 amide bonds. The molecule has 3 N–H and O–H groups in total. The minimum atomic E-state index is -3.51. The molecule has 0 unspecified atom stereocenters. The molecule has 0 atom stereocenters. The van der Waals surface area contributed by atoms with Crippen LogP contribution in [0.1, 0.15) is 11.1 Å². The summed E-state index contributed by atoms with van der Waals surface area (Å²) in [6.45, 7) is 2.00. The molecule has 0 aromatic heterocycles. The highest BCUT2D eigenvalue weighted by Crippen LogP contribution is 2.17. The summed E-state index contributed by atoms with van der Waals surface area (Å²) in [7, 11) is -3.51. The van der Waals surface area contributed by atoms with Gasteiger partial charge in [-0.3, -0.25) is 0 Å². The van der Waals surface area contributed by atoms with Gasteiger partial charge in [-0.1, -0.05) is 30.3 Å². The average Bonchev–Trinajstić information content (AvgIpc) is 2.37. The van der Waals surface area contributed by atoms with Gasteiger partial charge in [0.2, 0.25) is 10.0 Å². The Labute approximate surface area is 113 Å². The fourth-order valence-electron chi connectivity index (χ4n) is 1.83. The van der Waals surface area contributed by atoms with Crippen LogP contribution in [0.15, 0.2) is 53.4 Å². The zero-order valence-corrected chi connectivity index (χ0v) is 11.4. The minimum absolute atomic E-state index is 0.262. The largest absolute Gasteiger partial charge is 0.399 e. The number of hydrogen-bond donors (Lipinski definition) is 2. The van der Waals surface area contributed by atoms with Gasteiger partial charge in [-0.15, -0.1) is 0 Å². The van der Waals surface area contributed by atoms with Gasteiger partial charge < -0.3 is 5.73 Å². The van der Waals surface area contributed by atoms with Crippen LogP contribution in [0.4, 0.5) is 5.69 Å². The lowest BCUT2D eigenvalue weighted by Crippen LogP contribution is -2.24. The second-order valence-electron chi connectivity index (χ2n) is 4.34. The van der Waals surface area contributed by atoms with E-state index in [9.17, 15) is 8.42 Å². The van der Waals surface area contributed by atoms with Crippen molar-refractivity contribution in [3.05, 3.63) is 59.7 Å². The second-order valence-corrected chi connectivity index (χ2v) is 6.07. The van der Waals surface area contributed by atoms with Crippen molar-refractivity contribution in [3.8, 4) is 0 Å². The molecule has 0 radical (unpaired) electrons. The van der Waals surface area contributed by atoms with Gasteiger partial charge in [0.25, 0.3) is 0 Å². The monoisotopic (exact) mass is 276 g/mol. The Hall–Kier alpha value is -1.85. The molecule has 5 heteroatoms. The van der Waals surface area contributed by atoms with Crippen molar-refractivity contribution in [2.75, 3.05) is 5.73 Å². The first-order chi connectivity index (χ1) is 8.99. The number of sulfonamides is 1. The maximum atomic E-state index is 12.2. The van der Waals surface area contributed by atoms with Crippen LogP contribution < -0.4 is 10.5 Å². The van der Waals surface area contributed by atoms with Gasteiger partial charge >= 0.3 is 0 Å². The Morgan fingerprint density at radius 1 is 1.11 bits per heavy atom. The number of nitrogens with one attached hydrogen (secondary N) is 1. The van der Waals surface area contributed by atoms with Gasteiger partial charge in [0.1, 0.15) is 0 Å². The third-order valence-electron chi connectivity index (χ3n) is 2.80. The van der Waals surface area contributed by atoms with Gasteiger partial charge in [-0.25, -0.2) is 13.1 Å². The molecule has 0 spiro atoms. The van der Waals surface area contributed by atoms with E-state index in [0.717, 1.165) is 5.56 Å². The maximum absolute atomic E-state index is 12.2. The van der Waals surface area contributed by atoms with Crippen LogP contribution in [-0.4, -0.2) is 8.42 Å². The van der Waals surface area contributed by atoms with Crippen LogP contribution in [-0.2, 0) is 16.6 Å². The van der Waals surface area contributed by atoms with Crippen molar-refractivity contribution in [3.63, 3.8) is 0 Å². The van der Waals surface area contributed by atoms with Crippen molar-refractivity contribution in [2.24, 2.45) is 0 Å². The van der Waals surface area contributed by atoms with Crippen LogP contribution in [0.3, 0.4) is 0 Å². The zero-order chi connectivity index (χ0) is 13.9. The number of nitrogen functional groups attached to an aromatic ring is 1. The third kappa shape index (κ3) is 3.33. The van der Waals surface area contributed by atoms with E-state index in [2.05, 4.69) is 4.72 Å². The van der Waals surface area contributed by atoms with Crippen LogP contribution in [0.2, 0.25) is 0 Å². The standard InChI is InChI=1S/C14H16N2O2S/c1-11-9-13(15)7-8-14(11)19(17,18)16-10-12-5-3-2-4-6-12/h2-9,16H,10,15H2,1H3. The fourth-order valence-corrected chi connectivity index (χ4v) is 3.07. The SMILES string of the molecule is Cc1cc(N)ccc1S(=O)(=O)NCc1ccccc1. The number of benzene rings is 2. The summed E-state index contributed by atoms with van der Waals surface area (Å²) in [6.07, 6.45) is 0. The van der Waals surface area contributed by atoms with E-state index in [-0.39, 0.29) is 11.4 Å². The van der Waals surface area contributed by atoms with E-state index in [1.165, 1.54) is 6.07 Å². The van der Waals surface area contributed by atoms with E-state index in [0.29, 0.717) is 11.3 Å². The van der Waals surface area contributed by atoms with E-state index < -0.39 is 10.0 Å². The number of nitrogens with two attached hydrogens (primary N) is 1. The Bertz CT molecular complexity index is 667. The smallest absolute Gasteiger partial charge is 0.241 e. The summed E-state index contributed by atoms with van der Waals surface area (Å²) in [5.74, 6) is 0. The highest BCUT2D eigenvalue weighted by Gasteiger charge is 2.16. The van der Waals surface area contributed by atoms with Gasteiger partial charge in [0.15, 0.2) is 0 Å². The molecule has 2 aromatic carbocycles. The lowest BCUT2D eigenvalue weighted by atomic mass is 10.2. The van der Waals surface area contributed by atoms with Gasteiger partial charge in [-0.2, -0.15) is 0 Å². The van der Waals surface area contributed by atoms with Crippen molar-refractivity contribution in [1.29, 1.82) is 0 Å². The molecule has 0 aliphatic carbocycles. The molecule has 4 nitrogen and oxygen atoms in total. The van der Waals surface area contributed by atoms with Gasteiger partial charge in [-0.05, 0) is 36.2 Å². The molecule has 0 heterocycles. The van der Waals surface area contributed by atoms with Crippen molar-refractivity contribution < 1.29 is 8.42 Å². The molecular formula is C14H16N2O2S. The van der Waals surface area contributed by atoms with Crippen molar-refractivity contribution in [1.82, 2.24) is 4.72 Å². The van der Waals surface area contributed by atoms with E-state index in [1.807, 2.05) is 30.3 Å². The highest BCUT2D eigenvalue weighted by molar-refractivity contribution is 7.89. The molecule has 0 aliphatic rings. The molecule has 0 bridgehead atoms. The lowest BCUT2D eigenvalue weighted by molar-refractivity contribution is 0.580. The molecule has 2 aromatic rings. The average molecular weight is 276 g/mol. The lowest BCUT2D eigenvalue weighted by Gasteiger charge is -2.09. The van der Waals surface area contributed by atoms with E-state index in [4.69, 9.17) is 5.73 Å². The van der Waals surface area contributed by atoms with Crippen LogP contribution in [0.5, 0.6) is 0 Å². The predicted molar refractivity (Wildman–Crippen MR) is 76.1 cm³/mol. The van der Waals surface area contributed by atoms with Gasteiger partial charge in [0.05, 0.1) is 4.90 Å². The first kappa shape index (κ1) is 13.6. The normalized spacial score (nSPS) is 11.4. The zero-order valence-electron chi connectivity index (χ0n) is 10.6. The van der Waals surface area contributed by atoms with Crippen molar-refractivity contribution in [2.45, 2.75) is 18.4 Å². The van der Waals surface area contributed by atoms with Gasteiger partial charge in [0, 0.05) is 12.2 Å². The fraction of sp³-hybridized carbons (Fsp3) is 0.143. The summed E-state index contributed by atoms with van der Waals surface area (Å²) in [6, 6.07) is 14.1. The molecule has 0 aliphatic heterocycles. The quantitative estimate of drug-likeness (QED) is 0.840. The molecule has 0 saturated carbocycles. The molecule has 0 fully saturated rings. The number of rotatable bonds is 4. The number of anilines is 1. The molecule has 0 saturated heterocycles. The number of hydrogen-bond acceptors (Lipinski definition) is 3. The Morgan fingerprint density at radius 2 is 1.79 bits per heavy atom. The summed E-state index contributed by atoms with van der Waals surface area (Å²) in [5, 5.41) is 0. The Kier molecular flexibility index (Phi) is 3.87. The maximum Gasteiger partial charge on any atom is 0.241 e. The summed E-state index contributed by atoms with van der Waals surface area (Å²) >= 11 is 0. The van der Waals surface area contributed by atoms with Crippen LogP contribution in [0, 0.1) is 6.92 Å². The topological polar surface area (TPSA) is 72.2 Å². The van der Waals surface area contributed by atoms with Crippen LogP contribution >= 0.6 is 0 Å². The highest BCUT2D eigenvalue weighted by atomic mass is 32.2. The molecule has 2 rings (SSSR count). The minimum Gasteiger partial charge on any atom is -0.399 e. The molecule has 19 heavy (non-hydrogen) atoms. The summed E-state index contributed by atoms with van der Waals surface area (Å²) in [5.41, 5.74) is 7.73. The third-order valence-corrected chi connectivity index (χ3v) is 4.36. The van der Waals surface area contributed by atoms with E-state index in [1.54, 1.807) is 19.1 Å². The molecule has 100 valence electrons. The molecular weight excluding hydrogens is 260 g/mol. The Balaban J connectivity index is 2.19. The predicted octanol–water partition coefficient (Wildman–Crippen LogP) is 2.06. The van der Waals surface area contributed by atoms with E-state index >= 15 is 0 Å². The Morgan fingerprint density at radius 3 is 2.42 bits per heavy atom. The summed E-state index contributed by atoms with van der Waals surface area (Å²) in [4.78, 5) is 0.262. The first-order valence-corrected chi connectivity index (χ1v) is 7.37. The first-order valence-electron chi connectivity index (χ1n) is 5.89. The number of aryl methyl sites for hydroxylation is 1.